The average molecular weight is 1910 g/mol. The first-order valence-electron chi connectivity index (χ1n) is 45.2. The topological polar surface area (TPSA) is 366 Å². The van der Waals surface area contributed by atoms with E-state index in [2.05, 4.69) is 65.5 Å². The van der Waals surface area contributed by atoms with Crippen molar-refractivity contribution in [2.75, 3.05) is 97.3 Å². The van der Waals surface area contributed by atoms with Gasteiger partial charge in [-0.2, -0.15) is 25.5 Å². The molecule has 0 unspecified atom stereocenters. The van der Waals surface area contributed by atoms with Crippen LogP contribution >= 0.6 is 0 Å². The number of carbonyl (C=O) groups is 5. The Morgan fingerprint density at radius 1 is 0.338 bits per heavy atom. The summed E-state index contributed by atoms with van der Waals surface area (Å²) in [4.78, 5) is 96.8. The van der Waals surface area contributed by atoms with Gasteiger partial charge in [0.05, 0.1) is 93.2 Å². The van der Waals surface area contributed by atoms with Gasteiger partial charge in [-0.3, -0.25) is 0 Å². The molecule has 0 amide bonds. The van der Waals surface area contributed by atoms with Crippen LogP contribution in [0.15, 0.2) is 177 Å². The van der Waals surface area contributed by atoms with Crippen molar-refractivity contribution in [3.05, 3.63) is 262 Å². The van der Waals surface area contributed by atoms with Crippen molar-refractivity contribution >= 4 is 87.2 Å². The van der Waals surface area contributed by atoms with Crippen molar-refractivity contribution in [3.8, 4) is 28.9 Å². The van der Waals surface area contributed by atoms with E-state index in [0.717, 1.165) is 61.9 Å². The van der Waals surface area contributed by atoms with Crippen LogP contribution in [-0.2, 0) is 23.7 Å². The summed E-state index contributed by atoms with van der Waals surface area (Å²) in [6, 6.07) is 26.5. The van der Waals surface area contributed by atoms with Gasteiger partial charge in [0.25, 0.3) is 0 Å². The van der Waals surface area contributed by atoms with E-state index in [9.17, 15) is 54.7 Å². The molecule has 1 N–H and O–H groups in total. The highest BCUT2D eigenvalue weighted by Crippen LogP contribution is 2.47. The summed E-state index contributed by atoms with van der Waals surface area (Å²) in [5, 5.41) is 23.9. The van der Waals surface area contributed by atoms with E-state index in [1.54, 1.807) is 99.2 Å². The molecule has 15 aromatic rings. The minimum atomic E-state index is -1.12. The Hall–Kier alpha value is -16.0. The van der Waals surface area contributed by atoms with Crippen LogP contribution in [0, 0.1) is 29.1 Å². The van der Waals surface area contributed by atoms with Crippen molar-refractivity contribution in [1.82, 2.24) is 78.0 Å². The molecular formula is C96H88F7N21O15. The second-order valence-corrected chi connectivity index (χ2v) is 34.3. The number of aromatic nitrogens is 16. The third kappa shape index (κ3) is 18.9. The summed E-state index contributed by atoms with van der Waals surface area (Å²) < 4.78 is 162. The largest absolute Gasteiger partial charge is 0.490 e. The molecule has 10 atom stereocenters. The number of benzene rings is 4. The number of cyclic esters (lactones) is 5. The lowest BCUT2D eigenvalue weighted by atomic mass is 10.0. The summed E-state index contributed by atoms with van der Waals surface area (Å²) >= 11 is 0. The molecule has 0 radical (unpaired) electrons. The van der Waals surface area contributed by atoms with Gasteiger partial charge in [-0.15, -0.1) is 0 Å². The summed E-state index contributed by atoms with van der Waals surface area (Å²) in [6.45, 7) is 9.61. The van der Waals surface area contributed by atoms with Crippen molar-refractivity contribution < 1.29 is 102 Å². The van der Waals surface area contributed by atoms with E-state index < -0.39 is 72.0 Å². The molecule has 0 spiro atoms. The van der Waals surface area contributed by atoms with Gasteiger partial charge in [-0.1, -0.05) is 0 Å². The van der Waals surface area contributed by atoms with Crippen LogP contribution in [0.25, 0.3) is 28.2 Å². The Balaban J connectivity index is 0.000000107. The molecule has 20 heterocycles. The van der Waals surface area contributed by atoms with Crippen molar-refractivity contribution in [2.24, 2.45) is 0 Å². The number of pyridine rings is 1. The maximum atomic E-state index is 14.5. The van der Waals surface area contributed by atoms with Crippen molar-refractivity contribution in [2.45, 2.75) is 134 Å². The minimum absolute atomic E-state index is 0.00715. The maximum absolute atomic E-state index is 14.5. The number of ether oxygens (including phenoxy) is 10. The Labute approximate surface area is 785 Å². The molecule has 0 aliphatic carbocycles. The highest BCUT2D eigenvalue weighted by Gasteiger charge is 2.41. The number of nitrogens with one attached hydrogen (secondary N) is 1. The summed E-state index contributed by atoms with van der Waals surface area (Å²) in [7, 11) is 0. The highest BCUT2D eigenvalue weighted by molar-refractivity contribution is 5.98. The number of rotatable bonds is 0. The number of hydrogen-bond donors (Lipinski definition) is 1. The smallest absolute Gasteiger partial charge is 0.343 e. The zero-order chi connectivity index (χ0) is 96.0. The van der Waals surface area contributed by atoms with Gasteiger partial charge in [0.1, 0.15) is 173 Å². The van der Waals surface area contributed by atoms with Gasteiger partial charge in [-0.25, -0.2) is 107 Å². The molecule has 9 aliphatic heterocycles. The first-order valence-corrected chi connectivity index (χ1v) is 45.2. The zero-order valence-electron chi connectivity index (χ0n) is 75.0. The molecule has 4 aromatic carbocycles. The summed E-state index contributed by atoms with van der Waals surface area (Å²) in [6.07, 6.45) is 17.9. The fourth-order valence-corrected chi connectivity index (χ4v) is 18.3. The summed E-state index contributed by atoms with van der Waals surface area (Å²) in [5.41, 5.74) is 6.49. The zero-order valence-corrected chi connectivity index (χ0v) is 75.0. The van der Waals surface area contributed by atoms with Crippen LogP contribution in [0.4, 0.5) is 59.8 Å². The molecule has 10 bridgehead atoms. The third-order valence-electron chi connectivity index (χ3n) is 24.8. The van der Waals surface area contributed by atoms with Crippen LogP contribution in [0.2, 0.25) is 0 Å². The Bertz CT molecular complexity index is 7230. The van der Waals surface area contributed by atoms with Crippen LogP contribution < -0.4 is 48.6 Å². The van der Waals surface area contributed by atoms with E-state index >= 15 is 0 Å². The van der Waals surface area contributed by atoms with Gasteiger partial charge in [0.2, 0.25) is 5.88 Å². The standard InChI is InChI=1S/C21H21FN4O3.C20H18F2N4O3.C20H19FN4O3.C18H15F2N5O3.C17H15FN4O3/c1-13-7-10-28-21(27)16-12-23-26-9-6-19(24-20(16)26)25-8-2-3-17(25)15-11-14(22)4-5-18(15)29-13;1-11-10-28-20(27)15-8-23-26-5-4-18(24-19(15)26)25-9-13(22)7-16(25)14-6-12(21)2-3-17(14)29-11;1-12-11-27-20(26)15-10-22-25-8-6-18(23-19(15)25)24-7-2-3-16(24)14-9-13(21)4-5-17(14)28-12;19-10-5-12-14-6-11(20)9-24(14)15-1-2-25-16(23-15)13(8-22-25)18(26)28-4-3-27-17(12)21-7-10;1-10-12-8-11(18)2-3-14(12)24-6-7-25-17(23)13-9-19-22-5-4-15(20-10)21-16(13)22/h4-6,9,11-13,17H,2-3,7-8,10H2,1H3;2-6,8,11,13,16H,7,9-10H2,1H3;4-6,8-10,12,16H,2-3,7,11H2,1H3;1-2,5,7-8,11,14H,3-4,6,9H2;2-5,8-10H,6-7H2,1H3,(H,20,21)/t13-,17+;11-,13-,16+;12-,16+;11-,14+;10-/m00001/s1. The third-order valence-corrected chi connectivity index (χ3v) is 24.8. The first kappa shape index (κ1) is 90.8. The first-order chi connectivity index (χ1) is 67.4. The number of halogens is 7. The molecule has 0 saturated carbocycles. The van der Waals surface area contributed by atoms with Gasteiger partial charge < -0.3 is 72.3 Å². The normalized spacial score (nSPS) is 21.6. The van der Waals surface area contributed by atoms with E-state index in [4.69, 9.17) is 52.4 Å². The number of hydrogen-bond acceptors (Lipinski definition) is 31. The molecule has 4 saturated heterocycles. The molecule has 139 heavy (non-hydrogen) atoms. The van der Waals surface area contributed by atoms with E-state index in [-0.39, 0.29) is 143 Å². The van der Waals surface area contributed by atoms with E-state index in [1.807, 2.05) is 32.9 Å². The number of anilines is 5. The Morgan fingerprint density at radius 2 is 0.691 bits per heavy atom. The molecular weight excluding hydrogens is 1820 g/mol. The highest BCUT2D eigenvalue weighted by atomic mass is 19.2. The van der Waals surface area contributed by atoms with Gasteiger partial charge in [0, 0.05) is 91.2 Å². The van der Waals surface area contributed by atoms with Gasteiger partial charge in [-0.05, 0) is 163 Å². The van der Waals surface area contributed by atoms with Crippen LogP contribution in [0.3, 0.4) is 0 Å². The van der Waals surface area contributed by atoms with Crippen molar-refractivity contribution in [3.63, 3.8) is 0 Å². The number of esters is 5. The quantitative estimate of drug-likeness (QED) is 0.0837. The van der Waals surface area contributed by atoms with Crippen LogP contribution in [-0.4, -0.2) is 211 Å². The number of fused-ring (bicyclic) bond motifs is 22. The minimum Gasteiger partial charge on any atom is -0.490 e. The lowest BCUT2D eigenvalue weighted by molar-refractivity contribution is 0.0336. The fourth-order valence-electron chi connectivity index (χ4n) is 18.3. The second kappa shape index (κ2) is 38.6. The van der Waals surface area contributed by atoms with Crippen molar-refractivity contribution in [1.29, 1.82) is 0 Å². The van der Waals surface area contributed by atoms with Crippen LogP contribution in [0.1, 0.15) is 182 Å². The number of carbonyl (C=O) groups excluding carboxylic acids is 5. The van der Waals surface area contributed by atoms with Gasteiger partial charge in [0.15, 0.2) is 28.2 Å². The van der Waals surface area contributed by atoms with E-state index in [1.165, 1.54) is 99.1 Å². The van der Waals surface area contributed by atoms with Crippen LogP contribution in [0.5, 0.6) is 28.9 Å². The summed E-state index contributed by atoms with van der Waals surface area (Å²) in [5.74, 6) is 0.750. The number of nitrogens with zero attached hydrogens (tertiary/aromatic N) is 20. The SMILES string of the molecule is C[C@H]1CCOC(=O)c2cnn3ccc(nc23)N2CCC[C@@H]2c2cc(F)ccc2O1.C[C@H]1COC(=O)c2cnn3ccc(nc23)N2CCC[C@@H]2c2cc(F)ccc2O1.C[C@H]1COC(=O)c2cnn3ccc(nc23)N2C[C@@H](F)C[C@@H]2c2cc(F)ccc2O1.C[C@H]1Nc2ccn3ncc(c3n2)C(=O)OCCOc2ccc(F)cc21.O=C1OCCOc2ncc(F)cc2[C@H]2C[C@H](F)CN2c2ccn3ncc1c3n2. The number of alkyl halides is 2. The molecule has 43 heteroatoms. The molecule has 4 fully saturated rings. The maximum Gasteiger partial charge on any atom is 0.343 e. The average Bonchev–Trinajstić information content (AvgIpc) is 1.62. The van der Waals surface area contributed by atoms with E-state index in [0.29, 0.717) is 109 Å². The molecule has 716 valence electrons. The Kier molecular flexibility index (Phi) is 25.2. The molecule has 9 aliphatic rings. The Morgan fingerprint density at radius 3 is 1.14 bits per heavy atom. The molecule has 24 rings (SSSR count). The second-order valence-electron chi connectivity index (χ2n) is 34.3. The predicted octanol–water partition coefficient (Wildman–Crippen LogP) is 14.5. The fraction of sp³-hybridized carbons (Fsp3) is 0.333. The lowest BCUT2D eigenvalue weighted by Crippen LogP contribution is -2.26. The lowest BCUT2D eigenvalue weighted by Gasteiger charge is -2.28. The monoisotopic (exact) mass is 1910 g/mol. The predicted molar refractivity (Wildman–Crippen MR) is 482 cm³/mol. The molecule has 36 nitrogen and oxygen atoms in total. The van der Waals surface area contributed by atoms with Gasteiger partial charge >= 0.3 is 29.8 Å². The molecule has 11 aromatic heterocycles.